The maximum atomic E-state index is 12.1. The molecule has 0 fully saturated rings. The molecule has 0 unspecified atom stereocenters. The summed E-state index contributed by atoms with van der Waals surface area (Å²) in [7, 11) is 0. The van der Waals surface area contributed by atoms with Crippen molar-refractivity contribution in [3.8, 4) is 0 Å². The number of thiophene rings is 1. The Morgan fingerprint density at radius 1 is 1.47 bits per heavy atom. The Hall–Kier alpha value is -1.99. The van der Waals surface area contributed by atoms with E-state index >= 15 is 0 Å². The van der Waals surface area contributed by atoms with E-state index in [0.29, 0.717) is 17.1 Å². The first kappa shape index (κ1) is 12.1. The van der Waals surface area contributed by atoms with Crippen molar-refractivity contribution in [2.75, 3.05) is 5.73 Å². The summed E-state index contributed by atoms with van der Waals surface area (Å²) >= 11 is 2.81. The average Bonchev–Trinajstić information content (AvgIpc) is 3.05. The molecule has 0 aliphatic heterocycles. The quantitative estimate of drug-likeness (QED) is 0.775. The number of hydrogen-bond acceptors (Lipinski definition) is 6. The van der Waals surface area contributed by atoms with Crippen molar-refractivity contribution in [2.45, 2.75) is 6.54 Å². The zero-order valence-electron chi connectivity index (χ0n) is 9.79. The summed E-state index contributed by atoms with van der Waals surface area (Å²) in [6.07, 6.45) is 3.43. The van der Waals surface area contributed by atoms with Gasteiger partial charge in [-0.05, 0) is 12.1 Å². The number of carbonyl (C=O) groups excluding carboxylic acids is 1. The van der Waals surface area contributed by atoms with Gasteiger partial charge < -0.3 is 11.1 Å². The first-order chi connectivity index (χ1) is 9.25. The molecule has 19 heavy (non-hydrogen) atoms. The SMILES string of the molecule is Nc1c(C(=O)NCc2cncs2)sc2ncccc12. The van der Waals surface area contributed by atoms with Crippen molar-refractivity contribution in [1.82, 2.24) is 15.3 Å². The molecule has 0 bridgehead atoms. The van der Waals surface area contributed by atoms with Gasteiger partial charge in [0.2, 0.25) is 0 Å². The van der Waals surface area contributed by atoms with Crippen LogP contribution in [0.1, 0.15) is 14.5 Å². The molecule has 0 atom stereocenters. The Balaban J connectivity index is 1.83. The maximum absolute atomic E-state index is 12.1. The number of nitrogen functional groups attached to an aromatic ring is 1. The molecule has 0 radical (unpaired) electrons. The lowest BCUT2D eigenvalue weighted by atomic mass is 10.2. The first-order valence-corrected chi connectivity index (χ1v) is 7.24. The number of hydrogen-bond donors (Lipinski definition) is 2. The molecule has 3 rings (SSSR count). The summed E-state index contributed by atoms with van der Waals surface area (Å²) < 4.78 is 0. The van der Waals surface area contributed by atoms with Crippen LogP contribution in [0.3, 0.4) is 0 Å². The molecule has 3 aromatic rings. The summed E-state index contributed by atoms with van der Waals surface area (Å²) in [6.45, 7) is 0.463. The lowest BCUT2D eigenvalue weighted by Crippen LogP contribution is -2.22. The largest absolute Gasteiger partial charge is 0.397 e. The lowest BCUT2D eigenvalue weighted by Gasteiger charge is -2.01. The Bertz CT molecular complexity index is 720. The van der Waals surface area contributed by atoms with Crippen LogP contribution in [0, 0.1) is 0 Å². The molecule has 3 aromatic heterocycles. The summed E-state index contributed by atoms with van der Waals surface area (Å²) in [5.41, 5.74) is 8.22. The number of carbonyl (C=O) groups is 1. The van der Waals surface area contributed by atoms with Crippen molar-refractivity contribution in [1.29, 1.82) is 0 Å². The monoisotopic (exact) mass is 290 g/mol. The van der Waals surface area contributed by atoms with Crippen LogP contribution >= 0.6 is 22.7 Å². The molecule has 3 N–H and O–H groups in total. The fourth-order valence-electron chi connectivity index (χ4n) is 1.70. The van der Waals surface area contributed by atoms with E-state index in [9.17, 15) is 4.79 Å². The summed E-state index contributed by atoms with van der Waals surface area (Å²) in [4.78, 5) is 22.6. The Kier molecular flexibility index (Phi) is 3.14. The van der Waals surface area contributed by atoms with E-state index in [1.807, 2.05) is 12.1 Å². The van der Waals surface area contributed by atoms with Crippen LogP contribution in [0.5, 0.6) is 0 Å². The van der Waals surface area contributed by atoms with Crippen molar-refractivity contribution >= 4 is 44.5 Å². The second kappa shape index (κ2) is 4.94. The highest BCUT2D eigenvalue weighted by Gasteiger charge is 2.16. The standard InChI is InChI=1S/C12H10N4OS2/c13-9-8-2-1-3-15-12(8)19-10(9)11(17)16-5-7-4-14-6-18-7/h1-4,6H,5,13H2,(H,16,17). The molecule has 0 aliphatic carbocycles. The van der Waals surface area contributed by atoms with Gasteiger partial charge >= 0.3 is 0 Å². The second-order valence-electron chi connectivity index (χ2n) is 3.85. The van der Waals surface area contributed by atoms with Crippen LogP contribution in [0.2, 0.25) is 0 Å². The molecule has 0 aromatic carbocycles. The van der Waals surface area contributed by atoms with Crippen LogP contribution in [0.25, 0.3) is 10.2 Å². The molecule has 96 valence electrons. The molecule has 5 nitrogen and oxygen atoms in total. The van der Waals surface area contributed by atoms with Crippen molar-refractivity contribution in [2.24, 2.45) is 0 Å². The first-order valence-electron chi connectivity index (χ1n) is 5.54. The molecular weight excluding hydrogens is 280 g/mol. The summed E-state index contributed by atoms with van der Waals surface area (Å²) in [5.74, 6) is -0.172. The van der Waals surface area contributed by atoms with Gasteiger partial charge in [0.1, 0.15) is 9.71 Å². The predicted molar refractivity (Wildman–Crippen MR) is 77.3 cm³/mol. The number of rotatable bonds is 3. The summed E-state index contributed by atoms with van der Waals surface area (Å²) in [5, 5.41) is 3.67. The van der Waals surface area contributed by atoms with E-state index < -0.39 is 0 Å². The van der Waals surface area contributed by atoms with Crippen LogP contribution in [0.15, 0.2) is 30.0 Å². The third-order valence-corrected chi connectivity index (χ3v) is 4.53. The highest BCUT2D eigenvalue weighted by molar-refractivity contribution is 7.21. The van der Waals surface area contributed by atoms with Gasteiger partial charge in [0.15, 0.2) is 0 Å². The number of amides is 1. The normalized spacial score (nSPS) is 10.7. The van der Waals surface area contributed by atoms with Crippen LogP contribution in [-0.4, -0.2) is 15.9 Å². The number of anilines is 1. The average molecular weight is 290 g/mol. The van der Waals surface area contributed by atoms with E-state index in [4.69, 9.17) is 5.73 Å². The minimum absolute atomic E-state index is 0.172. The van der Waals surface area contributed by atoms with E-state index in [1.165, 1.54) is 22.7 Å². The zero-order valence-corrected chi connectivity index (χ0v) is 11.4. The van der Waals surface area contributed by atoms with Gasteiger partial charge in [-0.1, -0.05) is 0 Å². The third kappa shape index (κ3) is 2.29. The molecule has 7 heteroatoms. The summed E-state index contributed by atoms with van der Waals surface area (Å²) in [6, 6.07) is 3.68. The van der Waals surface area contributed by atoms with Gasteiger partial charge in [-0.2, -0.15) is 0 Å². The zero-order chi connectivity index (χ0) is 13.2. The molecule has 0 spiro atoms. The molecular formula is C12H10N4OS2. The highest BCUT2D eigenvalue weighted by atomic mass is 32.1. The van der Waals surface area contributed by atoms with Gasteiger partial charge in [0, 0.05) is 22.7 Å². The fraction of sp³-hybridized carbons (Fsp3) is 0.0833. The topological polar surface area (TPSA) is 80.9 Å². The maximum Gasteiger partial charge on any atom is 0.263 e. The number of nitrogens with zero attached hydrogens (tertiary/aromatic N) is 2. The van der Waals surface area contributed by atoms with Gasteiger partial charge in [-0.25, -0.2) is 4.98 Å². The highest BCUT2D eigenvalue weighted by Crippen LogP contribution is 2.31. The van der Waals surface area contributed by atoms with Crippen LogP contribution in [0.4, 0.5) is 5.69 Å². The molecule has 3 heterocycles. The van der Waals surface area contributed by atoms with E-state index in [0.717, 1.165) is 15.1 Å². The smallest absolute Gasteiger partial charge is 0.263 e. The van der Waals surface area contributed by atoms with E-state index in [2.05, 4.69) is 15.3 Å². The van der Waals surface area contributed by atoms with Gasteiger partial charge in [-0.15, -0.1) is 22.7 Å². The predicted octanol–water partition coefficient (Wildman–Crippen LogP) is 2.26. The van der Waals surface area contributed by atoms with Crippen molar-refractivity contribution in [3.05, 3.63) is 39.8 Å². The number of aromatic nitrogens is 2. The second-order valence-corrected chi connectivity index (χ2v) is 5.82. The molecule has 0 aliphatic rings. The van der Waals surface area contributed by atoms with Gasteiger partial charge in [0.05, 0.1) is 17.7 Å². The Morgan fingerprint density at radius 3 is 3.11 bits per heavy atom. The van der Waals surface area contributed by atoms with Crippen LogP contribution in [-0.2, 0) is 6.54 Å². The number of nitrogens with two attached hydrogens (primary N) is 1. The number of nitrogens with one attached hydrogen (secondary N) is 1. The number of thiazole rings is 1. The van der Waals surface area contributed by atoms with E-state index in [-0.39, 0.29) is 5.91 Å². The molecule has 0 saturated heterocycles. The fourth-order valence-corrected chi connectivity index (χ4v) is 3.21. The Morgan fingerprint density at radius 2 is 2.37 bits per heavy atom. The lowest BCUT2D eigenvalue weighted by molar-refractivity contribution is 0.0956. The third-order valence-electron chi connectivity index (χ3n) is 2.62. The van der Waals surface area contributed by atoms with Crippen LogP contribution < -0.4 is 11.1 Å². The van der Waals surface area contributed by atoms with Gasteiger partial charge in [0.25, 0.3) is 5.91 Å². The Labute approximate surface area is 117 Å². The number of fused-ring (bicyclic) bond motifs is 1. The molecule has 1 amide bonds. The minimum atomic E-state index is -0.172. The van der Waals surface area contributed by atoms with Crippen molar-refractivity contribution < 1.29 is 4.79 Å². The molecule has 0 saturated carbocycles. The minimum Gasteiger partial charge on any atom is -0.397 e. The van der Waals surface area contributed by atoms with Gasteiger partial charge in [-0.3, -0.25) is 9.78 Å². The van der Waals surface area contributed by atoms with Crippen molar-refractivity contribution in [3.63, 3.8) is 0 Å². The van der Waals surface area contributed by atoms with E-state index in [1.54, 1.807) is 17.9 Å². The number of pyridine rings is 1.